The van der Waals surface area contributed by atoms with Gasteiger partial charge >= 0.3 is 6.18 Å². The molecule has 0 amide bonds. The summed E-state index contributed by atoms with van der Waals surface area (Å²) in [6, 6.07) is 5.97. The monoisotopic (exact) mass is 761 g/mol. The number of nitrogens with zero attached hydrogens (tertiary/aromatic N) is 1. The summed E-state index contributed by atoms with van der Waals surface area (Å²) in [5, 5.41) is 44.0. The summed E-state index contributed by atoms with van der Waals surface area (Å²) in [5.41, 5.74) is -3.72. The van der Waals surface area contributed by atoms with Gasteiger partial charge in [-0.05, 0) is 98.9 Å². The Labute approximate surface area is 313 Å². The Morgan fingerprint density at radius 3 is 2.51 bits per heavy atom. The Hall–Kier alpha value is -2.51. The van der Waals surface area contributed by atoms with E-state index in [-0.39, 0.29) is 58.2 Å². The summed E-state index contributed by atoms with van der Waals surface area (Å²) in [4.78, 5) is 17.0. The molecule has 2 bridgehead atoms. The van der Waals surface area contributed by atoms with E-state index in [4.69, 9.17) is 20.8 Å². The van der Waals surface area contributed by atoms with Gasteiger partial charge in [0.15, 0.2) is 5.76 Å². The molecule has 1 aromatic heterocycles. The number of ether oxygens (including phenoxy) is 1. The van der Waals surface area contributed by atoms with E-state index in [0.29, 0.717) is 50.8 Å². The second-order valence-corrected chi connectivity index (χ2v) is 17.3. The predicted octanol–water partition coefficient (Wildman–Crippen LogP) is 7.08. The molecule has 1 aromatic carbocycles. The highest BCUT2D eigenvalue weighted by molar-refractivity contribution is 6.33. The zero-order chi connectivity index (χ0) is 38.2. The molecule has 2 spiro atoms. The number of carbonyl (C=O) groups excluding carboxylic acids is 1. The number of furan rings is 1. The molecule has 9 unspecified atom stereocenters. The van der Waals surface area contributed by atoms with Crippen molar-refractivity contribution in [3.05, 3.63) is 70.5 Å². The molecule has 0 aliphatic heterocycles. The number of allylic oxidation sites excluding steroid dienone is 4. The van der Waals surface area contributed by atoms with Crippen LogP contribution >= 0.6 is 11.6 Å². The summed E-state index contributed by atoms with van der Waals surface area (Å²) >= 11 is 6.36. The Bertz CT molecular complexity index is 1790. The van der Waals surface area contributed by atoms with E-state index >= 15 is 0 Å². The molecule has 8 nitrogen and oxygen atoms in total. The fourth-order valence-electron chi connectivity index (χ4n) is 11.6. The van der Waals surface area contributed by atoms with E-state index in [2.05, 4.69) is 32.1 Å². The average molecular weight is 762 g/mol. The average Bonchev–Trinajstić information content (AvgIpc) is 3.70. The molecule has 2 aromatic rings. The molecule has 12 heteroatoms. The zero-order valence-electron chi connectivity index (χ0n) is 30.6. The molecule has 3 fully saturated rings. The second kappa shape index (κ2) is 13.6. The maximum absolute atomic E-state index is 15.0. The van der Waals surface area contributed by atoms with Gasteiger partial charge in [0.1, 0.15) is 5.76 Å². The first kappa shape index (κ1) is 38.8. The number of benzene rings is 1. The van der Waals surface area contributed by atoms with Crippen molar-refractivity contribution in [2.24, 2.45) is 33.5 Å². The minimum absolute atomic E-state index is 0.00823. The molecular formula is C41H51ClF3NO7. The number of ketones is 1. The van der Waals surface area contributed by atoms with Crippen molar-refractivity contribution < 1.29 is 47.5 Å². The molecule has 3 saturated carbocycles. The molecule has 6 aliphatic carbocycles. The van der Waals surface area contributed by atoms with Gasteiger partial charge in [-0.15, -0.1) is 0 Å². The lowest BCUT2D eigenvalue weighted by atomic mass is 9.32. The summed E-state index contributed by atoms with van der Waals surface area (Å²) in [7, 11) is 1.63. The first-order valence-corrected chi connectivity index (χ1v) is 19.2. The summed E-state index contributed by atoms with van der Waals surface area (Å²) in [5.74, 6) is -0.441. The molecule has 8 rings (SSSR count). The van der Waals surface area contributed by atoms with E-state index in [1.807, 2.05) is 4.90 Å². The van der Waals surface area contributed by atoms with Crippen LogP contribution in [0.5, 0.6) is 0 Å². The number of fused-ring (bicyclic) bond motifs is 1. The van der Waals surface area contributed by atoms with Crippen molar-refractivity contribution in [2.75, 3.05) is 40.0 Å². The van der Waals surface area contributed by atoms with Crippen LogP contribution in [0.1, 0.15) is 81.3 Å². The van der Waals surface area contributed by atoms with Crippen LogP contribution in [0.15, 0.2) is 58.6 Å². The molecule has 0 saturated heterocycles. The van der Waals surface area contributed by atoms with Gasteiger partial charge in [0.05, 0.1) is 35.0 Å². The lowest BCUT2D eigenvalue weighted by Crippen LogP contribution is -2.67. The topological polar surface area (TPSA) is 124 Å². The summed E-state index contributed by atoms with van der Waals surface area (Å²) in [6.07, 6.45) is 5.54. The van der Waals surface area contributed by atoms with Crippen molar-refractivity contribution in [3.63, 3.8) is 0 Å². The number of hydrogen-bond donors (Lipinski definition) is 4. The second-order valence-electron chi connectivity index (χ2n) is 16.9. The number of carbonyl (C=O) groups is 1. The number of alkyl halides is 3. The molecule has 1 heterocycles. The fourth-order valence-corrected chi connectivity index (χ4v) is 11.8. The van der Waals surface area contributed by atoms with Crippen molar-refractivity contribution in [1.29, 1.82) is 0 Å². The zero-order valence-corrected chi connectivity index (χ0v) is 31.3. The minimum Gasteiger partial charge on any atom is -0.453 e. The molecule has 290 valence electrons. The predicted molar refractivity (Wildman–Crippen MR) is 193 cm³/mol. The van der Waals surface area contributed by atoms with Crippen LogP contribution in [-0.2, 0) is 10.9 Å². The van der Waals surface area contributed by atoms with Gasteiger partial charge in [0.2, 0.25) is 5.78 Å². The summed E-state index contributed by atoms with van der Waals surface area (Å²) in [6.45, 7) is 5.58. The van der Waals surface area contributed by atoms with Crippen LogP contribution in [-0.4, -0.2) is 88.9 Å². The molecule has 9 atom stereocenters. The van der Waals surface area contributed by atoms with E-state index in [1.165, 1.54) is 18.2 Å². The van der Waals surface area contributed by atoms with Crippen molar-refractivity contribution in [2.45, 2.75) is 89.2 Å². The number of methoxy groups -OCH3 is 1. The molecule has 6 aliphatic rings. The van der Waals surface area contributed by atoms with Gasteiger partial charge in [-0.25, -0.2) is 0 Å². The molecule has 0 radical (unpaired) electrons. The molecule has 53 heavy (non-hydrogen) atoms. The van der Waals surface area contributed by atoms with Crippen LogP contribution in [0.2, 0.25) is 5.02 Å². The third kappa shape index (κ3) is 5.99. The van der Waals surface area contributed by atoms with Crippen LogP contribution in [0, 0.1) is 33.5 Å². The quantitative estimate of drug-likeness (QED) is 0.103. The van der Waals surface area contributed by atoms with E-state index < -0.39 is 52.4 Å². The van der Waals surface area contributed by atoms with E-state index in [0.717, 1.165) is 31.4 Å². The van der Waals surface area contributed by atoms with Crippen molar-refractivity contribution >= 4 is 17.4 Å². The highest BCUT2D eigenvalue weighted by Gasteiger charge is 2.74. The Morgan fingerprint density at radius 2 is 1.79 bits per heavy atom. The normalized spacial score (nSPS) is 36.6. The third-order valence-corrected chi connectivity index (χ3v) is 14.7. The van der Waals surface area contributed by atoms with Gasteiger partial charge in [-0.1, -0.05) is 43.7 Å². The van der Waals surface area contributed by atoms with Gasteiger partial charge < -0.3 is 29.6 Å². The van der Waals surface area contributed by atoms with Gasteiger partial charge in [-0.2, -0.15) is 13.2 Å². The van der Waals surface area contributed by atoms with E-state index in [1.54, 1.807) is 7.11 Å². The number of rotatable bonds is 12. The molecular weight excluding hydrogens is 711 g/mol. The van der Waals surface area contributed by atoms with Crippen molar-refractivity contribution in [3.8, 4) is 11.3 Å². The third-order valence-electron chi connectivity index (χ3n) is 14.3. The van der Waals surface area contributed by atoms with Gasteiger partial charge in [0, 0.05) is 60.7 Å². The highest BCUT2D eigenvalue weighted by atomic mass is 35.5. The van der Waals surface area contributed by atoms with Crippen LogP contribution in [0.25, 0.3) is 11.3 Å². The van der Waals surface area contributed by atoms with Gasteiger partial charge in [-0.3, -0.25) is 9.69 Å². The maximum Gasteiger partial charge on any atom is 0.416 e. The molecule has 4 N–H and O–H groups in total. The maximum atomic E-state index is 15.0. The number of aliphatic hydroxyl groups is 4. The standard InChI is InChI=1S/C41H51ClF3NO7/c1-36-12-9-26(48)20-38(36)15-16-40(29(21-38)35(50)32-8-7-31(53-32)28-19-25(41(43,44)45)5-6-30(28)42)33(36)10-13-37(2)34(40)11-14-39(37,51)24-46(17-4-18-52-3)22-27(49)23-47/h5-8,15-16,19,21,26-27,33-34,47-49,51H,4,9-14,17-18,20,22-24H2,1-3H3. The van der Waals surface area contributed by atoms with Crippen LogP contribution in [0.4, 0.5) is 13.2 Å². The SMILES string of the molecule is COCCCN(CC(O)CO)CC1(O)CCC2C34C=CC5(C=C3C(=O)c3ccc(-c6cc(C(F)(F)F)ccc6Cl)o3)CC(O)CCC5(C)C4CCC21C. The number of aliphatic hydroxyl groups excluding tert-OH is 3. The smallest absolute Gasteiger partial charge is 0.416 e. The Kier molecular flexibility index (Phi) is 9.95. The lowest BCUT2D eigenvalue weighted by Gasteiger charge is -2.71. The van der Waals surface area contributed by atoms with Crippen molar-refractivity contribution in [1.82, 2.24) is 4.90 Å². The van der Waals surface area contributed by atoms with E-state index in [9.17, 15) is 38.4 Å². The largest absolute Gasteiger partial charge is 0.453 e. The van der Waals surface area contributed by atoms with Crippen LogP contribution < -0.4 is 0 Å². The number of Topliss-reactive ketones (excluding diaryl/α,β-unsaturated/α-hetero) is 1. The van der Waals surface area contributed by atoms with Crippen LogP contribution in [0.3, 0.4) is 0 Å². The Morgan fingerprint density at radius 1 is 1.08 bits per heavy atom. The number of hydrogen-bond acceptors (Lipinski definition) is 8. The fraction of sp³-hybridized carbons (Fsp3) is 0.634. The highest BCUT2D eigenvalue weighted by Crippen LogP contribution is 2.78. The summed E-state index contributed by atoms with van der Waals surface area (Å²) < 4.78 is 52.3. The lowest BCUT2D eigenvalue weighted by molar-refractivity contribution is -0.177. The minimum atomic E-state index is -4.59. The Balaban J connectivity index is 1.29. The first-order valence-electron chi connectivity index (χ1n) is 18.8. The first-order chi connectivity index (χ1) is 25.0. The van der Waals surface area contributed by atoms with Gasteiger partial charge in [0.25, 0.3) is 0 Å². The number of halogens is 4.